The highest BCUT2D eigenvalue weighted by molar-refractivity contribution is 6.35. The number of anilines is 1. The smallest absolute Gasteiger partial charge is 0.269 e. The number of hydrogen-bond acceptors (Lipinski definition) is 4. The molecule has 1 aliphatic rings. The summed E-state index contributed by atoms with van der Waals surface area (Å²) in [4.78, 5) is 11.9. The highest BCUT2D eigenvalue weighted by atomic mass is 35.5. The van der Waals surface area contributed by atoms with Gasteiger partial charge in [-0.15, -0.1) is 5.10 Å². The maximum absolute atomic E-state index is 11.9. The molecule has 19 heavy (non-hydrogen) atoms. The van der Waals surface area contributed by atoms with E-state index >= 15 is 0 Å². The van der Waals surface area contributed by atoms with Crippen LogP contribution < -0.4 is 5.32 Å². The maximum Gasteiger partial charge on any atom is 0.269 e. The number of H-pyrrole nitrogens is 1. The van der Waals surface area contributed by atoms with Crippen molar-refractivity contribution in [3.63, 3.8) is 0 Å². The Hall–Kier alpha value is -1.66. The molecule has 98 valence electrons. The van der Waals surface area contributed by atoms with Crippen molar-refractivity contribution < 1.29 is 4.79 Å². The van der Waals surface area contributed by atoms with Gasteiger partial charge in [-0.1, -0.05) is 34.4 Å². The average Bonchev–Trinajstić information content (AvgIpc) is 2.99. The largest absolute Gasteiger partial charge is 0.292 e. The first-order chi connectivity index (χ1) is 9.15. The quantitative estimate of drug-likeness (QED) is 0.910. The number of halogens is 2. The lowest BCUT2D eigenvalue weighted by molar-refractivity contribution is -0.117. The molecule has 0 radical (unpaired) electrons. The summed E-state index contributed by atoms with van der Waals surface area (Å²) in [5.74, 6) is 0.0594. The Bertz CT molecular complexity index is 616. The molecule has 0 spiro atoms. The number of carbonyl (C=O) groups is 1. The number of tetrazole rings is 1. The van der Waals surface area contributed by atoms with Crippen LogP contribution in [0.25, 0.3) is 0 Å². The second-order valence-electron chi connectivity index (χ2n) is 4.34. The van der Waals surface area contributed by atoms with Crippen LogP contribution in [0.1, 0.15) is 17.9 Å². The number of rotatable bonds is 3. The molecule has 0 bridgehead atoms. The van der Waals surface area contributed by atoms with E-state index in [1.165, 1.54) is 0 Å². The van der Waals surface area contributed by atoms with Crippen LogP contribution in [-0.2, 0) is 4.79 Å². The molecule has 2 atom stereocenters. The minimum atomic E-state index is -0.127. The second-order valence-corrected chi connectivity index (χ2v) is 5.18. The Morgan fingerprint density at radius 1 is 1.42 bits per heavy atom. The minimum Gasteiger partial charge on any atom is -0.292 e. The molecule has 1 saturated carbocycles. The molecule has 2 N–H and O–H groups in total. The average molecular weight is 298 g/mol. The number of nitrogens with zero attached hydrogens (tertiary/aromatic N) is 3. The molecule has 1 amide bonds. The first-order valence-corrected chi connectivity index (χ1v) is 6.40. The van der Waals surface area contributed by atoms with Gasteiger partial charge in [0.25, 0.3) is 5.95 Å². The lowest BCUT2D eigenvalue weighted by Crippen LogP contribution is -2.15. The summed E-state index contributed by atoms with van der Waals surface area (Å²) < 4.78 is 0. The Labute approximate surface area is 118 Å². The molecule has 1 fully saturated rings. The zero-order chi connectivity index (χ0) is 13.4. The van der Waals surface area contributed by atoms with Crippen molar-refractivity contribution in [1.82, 2.24) is 20.6 Å². The van der Waals surface area contributed by atoms with Crippen LogP contribution in [0.2, 0.25) is 10.0 Å². The van der Waals surface area contributed by atoms with Gasteiger partial charge < -0.3 is 0 Å². The van der Waals surface area contributed by atoms with E-state index in [4.69, 9.17) is 23.2 Å². The van der Waals surface area contributed by atoms with Crippen molar-refractivity contribution in [1.29, 1.82) is 0 Å². The first-order valence-electron chi connectivity index (χ1n) is 5.64. The highest BCUT2D eigenvalue weighted by Crippen LogP contribution is 2.50. The molecule has 2 aromatic rings. The van der Waals surface area contributed by atoms with Crippen LogP contribution in [0.15, 0.2) is 18.2 Å². The molecule has 3 rings (SSSR count). The van der Waals surface area contributed by atoms with Gasteiger partial charge in [-0.05, 0) is 35.2 Å². The SMILES string of the molecule is O=C(Nc1nn[nH]n1)[C@@H]1C[C@@H]1c1ccc(Cl)cc1Cl. The van der Waals surface area contributed by atoms with Gasteiger partial charge in [-0.2, -0.15) is 5.21 Å². The lowest BCUT2D eigenvalue weighted by Gasteiger charge is -2.04. The zero-order valence-electron chi connectivity index (χ0n) is 9.60. The van der Waals surface area contributed by atoms with E-state index in [0.29, 0.717) is 10.0 Å². The van der Waals surface area contributed by atoms with E-state index in [1.807, 2.05) is 6.07 Å². The predicted molar refractivity (Wildman–Crippen MR) is 70.1 cm³/mol. The fourth-order valence-corrected chi connectivity index (χ4v) is 2.60. The minimum absolute atomic E-state index is 0.114. The van der Waals surface area contributed by atoms with Crippen LogP contribution in [0.3, 0.4) is 0 Å². The van der Waals surface area contributed by atoms with Crippen molar-refractivity contribution >= 4 is 35.1 Å². The van der Waals surface area contributed by atoms with Crippen LogP contribution in [0.5, 0.6) is 0 Å². The third-order valence-corrected chi connectivity index (χ3v) is 3.63. The van der Waals surface area contributed by atoms with E-state index in [0.717, 1.165) is 12.0 Å². The van der Waals surface area contributed by atoms with E-state index in [2.05, 4.69) is 25.9 Å². The van der Waals surface area contributed by atoms with E-state index < -0.39 is 0 Å². The Morgan fingerprint density at radius 3 is 2.95 bits per heavy atom. The molecule has 1 heterocycles. The van der Waals surface area contributed by atoms with Crippen molar-refractivity contribution in [2.45, 2.75) is 12.3 Å². The summed E-state index contributed by atoms with van der Waals surface area (Å²) in [6.45, 7) is 0. The summed E-state index contributed by atoms with van der Waals surface area (Å²) in [6, 6.07) is 5.32. The predicted octanol–water partition coefficient (Wildman–Crippen LogP) is 2.25. The molecule has 0 saturated heterocycles. The van der Waals surface area contributed by atoms with Gasteiger partial charge in [0.2, 0.25) is 5.91 Å². The van der Waals surface area contributed by atoms with Crippen molar-refractivity contribution in [2.75, 3.05) is 5.32 Å². The van der Waals surface area contributed by atoms with Gasteiger partial charge in [0.1, 0.15) is 0 Å². The summed E-state index contributed by atoms with van der Waals surface area (Å²) in [7, 11) is 0. The normalized spacial score (nSPS) is 21.2. The van der Waals surface area contributed by atoms with E-state index in [9.17, 15) is 4.79 Å². The summed E-state index contributed by atoms with van der Waals surface area (Å²) in [5, 5.41) is 16.7. The second kappa shape index (κ2) is 4.79. The van der Waals surface area contributed by atoms with Crippen LogP contribution in [-0.4, -0.2) is 26.5 Å². The fourth-order valence-electron chi connectivity index (χ4n) is 2.05. The topological polar surface area (TPSA) is 83.6 Å². The molecule has 0 unspecified atom stereocenters. The molecular formula is C11H9Cl2N5O. The van der Waals surface area contributed by atoms with Crippen molar-refractivity contribution in [3.8, 4) is 0 Å². The molecule has 1 aliphatic carbocycles. The number of benzene rings is 1. The van der Waals surface area contributed by atoms with Gasteiger partial charge in [0.05, 0.1) is 0 Å². The van der Waals surface area contributed by atoms with Gasteiger partial charge >= 0.3 is 0 Å². The number of amides is 1. The Balaban J connectivity index is 1.69. The third-order valence-electron chi connectivity index (χ3n) is 3.07. The number of nitrogens with one attached hydrogen (secondary N) is 2. The van der Waals surface area contributed by atoms with Gasteiger partial charge in [0.15, 0.2) is 0 Å². The maximum atomic E-state index is 11.9. The van der Waals surface area contributed by atoms with E-state index in [1.54, 1.807) is 12.1 Å². The van der Waals surface area contributed by atoms with E-state index in [-0.39, 0.29) is 23.7 Å². The first kappa shape index (κ1) is 12.4. The van der Waals surface area contributed by atoms with Crippen LogP contribution in [0.4, 0.5) is 5.95 Å². The highest BCUT2D eigenvalue weighted by Gasteiger charge is 2.45. The Morgan fingerprint density at radius 2 is 2.26 bits per heavy atom. The summed E-state index contributed by atoms with van der Waals surface area (Å²) in [6.07, 6.45) is 0.755. The standard InChI is InChI=1S/C11H9Cl2N5O/c12-5-1-2-6(9(13)3-5)7-4-8(7)10(19)14-11-15-17-18-16-11/h1-3,7-8H,4H2,(H2,14,15,16,17,18,19)/t7-,8-/m1/s1. The van der Waals surface area contributed by atoms with Gasteiger partial charge in [-0.3, -0.25) is 10.1 Å². The lowest BCUT2D eigenvalue weighted by atomic mass is 10.1. The van der Waals surface area contributed by atoms with Crippen molar-refractivity contribution in [3.05, 3.63) is 33.8 Å². The summed E-state index contributed by atoms with van der Waals surface area (Å²) >= 11 is 12.0. The monoisotopic (exact) mass is 297 g/mol. The number of carbonyl (C=O) groups excluding carboxylic acids is 1. The number of aromatic amines is 1. The van der Waals surface area contributed by atoms with Gasteiger partial charge in [0, 0.05) is 16.0 Å². The van der Waals surface area contributed by atoms with Crippen LogP contribution in [0, 0.1) is 5.92 Å². The summed E-state index contributed by atoms with van der Waals surface area (Å²) in [5.41, 5.74) is 0.944. The number of hydrogen-bond donors (Lipinski definition) is 2. The Kier molecular flexibility index (Phi) is 3.12. The van der Waals surface area contributed by atoms with Crippen LogP contribution >= 0.6 is 23.2 Å². The molecule has 1 aromatic heterocycles. The molecule has 6 nitrogen and oxygen atoms in total. The third kappa shape index (κ3) is 2.54. The fraction of sp³-hybridized carbons (Fsp3) is 0.273. The zero-order valence-corrected chi connectivity index (χ0v) is 11.1. The molecular weight excluding hydrogens is 289 g/mol. The number of aromatic nitrogens is 4. The molecule has 0 aliphatic heterocycles. The van der Waals surface area contributed by atoms with Crippen molar-refractivity contribution in [2.24, 2.45) is 5.92 Å². The molecule has 1 aromatic carbocycles. The molecule has 8 heteroatoms. The van der Waals surface area contributed by atoms with Gasteiger partial charge in [-0.25, -0.2) is 0 Å².